The van der Waals surface area contributed by atoms with Crippen molar-refractivity contribution in [2.24, 2.45) is 11.7 Å². The Labute approximate surface area is 118 Å². The molecule has 0 radical (unpaired) electrons. The van der Waals surface area contributed by atoms with Gasteiger partial charge >= 0.3 is 0 Å². The highest BCUT2D eigenvalue weighted by Gasteiger charge is 2.34. The highest BCUT2D eigenvalue weighted by Crippen LogP contribution is 2.21. The maximum absolute atomic E-state index is 12.5. The van der Waals surface area contributed by atoms with Crippen LogP contribution < -0.4 is 11.1 Å². The molecule has 2 heterocycles. The number of carbonyl (C=O) groups excluding carboxylic acids is 2. The summed E-state index contributed by atoms with van der Waals surface area (Å²) in [5.74, 6) is -0.402. The molecule has 1 unspecified atom stereocenters. The number of hydrogen-bond acceptors (Lipinski definition) is 3. The third-order valence-electron chi connectivity index (χ3n) is 4.28. The van der Waals surface area contributed by atoms with E-state index in [0.29, 0.717) is 25.9 Å². The molecule has 5 heteroatoms. The average Bonchev–Trinajstić information content (AvgIpc) is 2.96. The molecule has 2 atom stereocenters. The summed E-state index contributed by atoms with van der Waals surface area (Å²) in [4.78, 5) is 25.4. The predicted octanol–water partition coefficient (Wildman–Crippen LogP) is 0.0347. The molecular formula is C15H19N3O2. The van der Waals surface area contributed by atoms with Gasteiger partial charge in [-0.05, 0) is 24.0 Å². The lowest BCUT2D eigenvalue weighted by Gasteiger charge is -2.28. The van der Waals surface area contributed by atoms with Gasteiger partial charge in [-0.15, -0.1) is 0 Å². The number of carbonyl (C=O) groups is 2. The van der Waals surface area contributed by atoms with Crippen LogP contribution in [0.5, 0.6) is 0 Å². The van der Waals surface area contributed by atoms with Crippen LogP contribution >= 0.6 is 0 Å². The van der Waals surface area contributed by atoms with Crippen molar-refractivity contribution in [2.45, 2.75) is 25.4 Å². The smallest absolute Gasteiger partial charge is 0.240 e. The zero-order valence-electron chi connectivity index (χ0n) is 11.3. The SMILES string of the molecule is NC(=O)C1CCN(C(=O)[C@@H]2Cc3ccccc3CN2)C1. The van der Waals surface area contributed by atoms with E-state index < -0.39 is 0 Å². The monoisotopic (exact) mass is 273 g/mol. The maximum atomic E-state index is 12.5. The molecule has 1 fully saturated rings. The Balaban J connectivity index is 1.66. The van der Waals surface area contributed by atoms with E-state index in [2.05, 4.69) is 17.4 Å². The molecular weight excluding hydrogens is 254 g/mol. The van der Waals surface area contributed by atoms with Crippen LogP contribution in [-0.4, -0.2) is 35.8 Å². The summed E-state index contributed by atoms with van der Waals surface area (Å²) < 4.78 is 0. The fraction of sp³-hybridized carbons (Fsp3) is 0.467. The normalized spacial score (nSPS) is 25.3. The number of rotatable bonds is 2. The van der Waals surface area contributed by atoms with E-state index >= 15 is 0 Å². The van der Waals surface area contributed by atoms with Crippen LogP contribution in [0.15, 0.2) is 24.3 Å². The molecule has 20 heavy (non-hydrogen) atoms. The Morgan fingerprint density at radius 2 is 2.00 bits per heavy atom. The molecule has 0 aromatic heterocycles. The number of amides is 2. The lowest BCUT2D eigenvalue weighted by atomic mass is 9.95. The first-order valence-electron chi connectivity index (χ1n) is 7.03. The molecule has 2 amide bonds. The molecule has 106 valence electrons. The van der Waals surface area contributed by atoms with Crippen molar-refractivity contribution in [3.05, 3.63) is 35.4 Å². The van der Waals surface area contributed by atoms with E-state index in [1.54, 1.807) is 4.90 Å². The molecule has 1 aromatic carbocycles. The second-order valence-corrected chi connectivity index (χ2v) is 5.58. The lowest BCUT2D eigenvalue weighted by Crippen LogP contribution is -2.49. The predicted molar refractivity (Wildman–Crippen MR) is 74.7 cm³/mol. The Kier molecular flexibility index (Phi) is 3.44. The number of primary amides is 1. The second kappa shape index (κ2) is 5.25. The van der Waals surface area contributed by atoms with Crippen molar-refractivity contribution in [1.82, 2.24) is 10.2 Å². The third kappa shape index (κ3) is 2.41. The van der Waals surface area contributed by atoms with Crippen molar-refractivity contribution in [3.8, 4) is 0 Å². The first kappa shape index (κ1) is 13.1. The minimum absolute atomic E-state index is 0.0863. The van der Waals surface area contributed by atoms with Crippen molar-refractivity contribution in [2.75, 3.05) is 13.1 Å². The fourth-order valence-corrected chi connectivity index (χ4v) is 3.04. The van der Waals surface area contributed by atoms with Gasteiger partial charge in [0, 0.05) is 19.6 Å². The summed E-state index contributed by atoms with van der Waals surface area (Å²) in [5, 5.41) is 3.29. The first-order valence-corrected chi connectivity index (χ1v) is 7.03. The minimum atomic E-state index is -0.303. The van der Waals surface area contributed by atoms with Gasteiger partial charge in [-0.1, -0.05) is 24.3 Å². The average molecular weight is 273 g/mol. The van der Waals surface area contributed by atoms with Crippen molar-refractivity contribution < 1.29 is 9.59 Å². The highest BCUT2D eigenvalue weighted by molar-refractivity contribution is 5.84. The van der Waals surface area contributed by atoms with E-state index in [0.717, 1.165) is 6.54 Å². The molecule has 3 N–H and O–H groups in total. The summed E-state index contributed by atoms with van der Waals surface area (Å²) in [7, 11) is 0. The quantitative estimate of drug-likeness (QED) is 0.798. The molecule has 5 nitrogen and oxygen atoms in total. The summed E-state index contributed by atoms with van der Waals surface area (Å²) in [6.45, 7) is 1.82. The number of hydrogen-bond donors (Lipinski definition) is 2. The van der Waals surface area contributed by atoms with Gasteiger partial charge in [0.2, 0.25) is 11.8 Å². The van der Waals surface area contributed by atoms with Gasteiger partial charge in [0.05, 0.1) is 12.0 Å². The zero-order valence-corrected chi connectivity index (χ0v) is 11.3. The summed E-state index contributed by atoms with van der Waals surface area (Å²) in [6.07, 6.45) is 1.40. The minimum Gasteiger partial charge on any atom is -0.369 e. The zero-order chi connectivity index (χ0) is 14.1. The van der Waals surface area contributed by atoms with E-state index in [1.807, 2.05) is 12.1 Å². The van der Waals surface area contributed by atoms with E-state index in [-0.39, 0.29) is 23.8 Å². The number of fused-ring (bicyclic) bond motifs is 1. The Morgan fingerprint density at radius 1 is 1.25 bits per heavy atom. The van der Waals surface area contributed by atoms with Crippen molar-refractivity contribution in [1.29, 1.82) is 0 Å². The van der Waals surface area contributed by atoms with E-state index in [1.165, 1.54) is 11.1 Å². The fourth-order valence-electron chi connectivity index (χ4n) is 3.04. The van der Waals surface area contributed by atoms with Crippen molar-refractivity contribution in [3.63, 3.8) is 0 Å². The molecule has 0 bridgehead atoms. The van der Waals surface area contributed by atoms with Gasteiger partial charge in [0.1, 0.15) is 0 Å². The third-order valence-corrected chi connectivity index (χ3v) is 4.28. The van der Waals surface area contributed by atoms with E-state index in [4.69, 9.17) is 5.73 Å². The number of nitrogens with two attached hydrogens (primary N) is 1. The largest absolute Gasteiger partial charge is 0.369 e. The molecule has 0 saturated carbocycles. The van der Waals surface area contributed by atoms with Crippen LogP contribution in [0.4, 0.5) is 0 Å². The standard InChI is InChI=1S/C15H19N3O2/c16-14(19)12-5-6-18(9-12)15(20)13-7-10-3-1-2-4-11(10)8-17-13/h1-4,12-13,17H,5-9H2,(H2,16,19)/t12?,13-/m0/s1. The highest BCUT2D eigenvalue weighted by atomic mass is 16.2. The second-order valence-electron chi connectivity index (χ2n) is 5.58. The van der Waals surface area contributed by atoms with Crippen LogP contribution in [0.1, 0.15) is 17.5 Å². The molecule has 0 aliphatic carbocycles. The van der Waals surface area contributed by atoms with Crippen LogP contribution in [0, 0.1) is 5.92 Å². The number of benzene rings is 1. The van der Waals surface area contributed by atoms with Crippen LogP contribution in [0.25, 0.3) is 0 Å². The van der Waals surface area contributed by atoms with Crippen LogP contribution in [0.3, 0.4) is 0 Å². The molecule has 2 aliphatic heterocycles. The Hall–Kier alpha value is -1.88. The van der Waals surface area contributed by atoms with Gasteiger partial charge in [-0.2, -0.15) is 0 Å². The number of nitrogens with zero attached hydrogens (tertiary/aromatic N) is 1. The Morgan fingerprint density at radius 3 is 2.70 bits per heavy atom. The van der Waals surface area contributed by atoms with Crippen LogP contribution in [0.2, 0.25) is 0 Å². The number of likely N-dealkylation sites (tertiary alicyclic amines) is 1. The van der Waals surface area contributed by atoms with Gasteiger partial charge in [0.15, 0.2) is 0 Å². The van der Waals surface area contributed by atoms with Gasteiger partial charge in [0.25, 0.3) is 0 Å². The lowest BCUT2D eigenvalue weighted by molar-refractivity contribution is -0.132. The van der Waals surface area contributed by atoms with Gasteiger partial charge < -0.3 is 16.0 Å². The molecule has 0 spiro atoms. The topological polar surface area (TPSA) is 75.4 Å². The Bertz CT molecular complexity index is 544. The van der Waals surface area contributed by atoms with E-state index in [9.17, 15) is 9.59 Å². The molecule has 1 saturated heterocycles. The van der Waals surface area contributed by atoms with Crippen LogP contribution in [-0.2, 0) is 22.6 Å². The van der Waals surface area contributed by atoms with Gasteiger partial charge in [-0.25, -0.2) is 0 Å². The summed E-state index contributed by atoms with van der Waals surface area (Å²) in [5.41, 5.74) is 7.80. The molecule has 1 aromatic rings. The van der Waals surface area contributed by atoms with Gasteiger partial charge in [-0.3, -0.25) is 9.59 Å². The van der Waals surface area contributed by atoms with Crippen molar-refractivity contribution >= 4 is 11.8 Å². The summed E-state index contributed by atoms with van der Waals surface area (Å²) >= 11 is 0. The number of nitrogens with one attached hydrogen (secondary N) is 1. The maximum Gasteiger partial charge on any atom is 0.240 e. The first-order chi connectivity index (χ1) is 9.65. The molecule has 2 aliphatic rings. The molecule has 3 rings (SSSR count). The summed E-state index contributed by atoms with van der Waals surface area (Å²) in [6, 6.07) is 8.00.